The number of hydrogen-bond donors (Lipinski definition) is 2. The molecule has 0 amide bonds. The Morgan fingerprint density at radius 1 is 0.731 bits per heavy atom. The number of nitrogens with one attached hydrogen (secondary N) is 2. The lowest BCUT2D eigenvalue weighted by Crippen LogP contribution is -2.28. The van der Waals surface area contributed by atoms with Crippen molar-refractivity contribution in [3.63, 3.8) is 0 Å². The highest BCUT2D eigenvalue weighted by Crippen LogP contribution is 2.15. The molecule has 4 nitrogen and oxygen atoms in total. The lowest BCUT2D eigenvalue weighted by atomic mass is 9.99. The number of H-pyrrole nitrogens is 2. The van der Waals surface area contributed by atoms with Crippen LogP contribution in [0.4, 0.5) is 0 Å². The van der Waals surface area contributed by atoms with E-state index in [0.717, 1.165) is 22.3 Å². The van der Waals surface area contributed by atoms with Crippen molar-refractivity contribution in [3.8, 4) is 0 Å². The lowest BCUT2D eigenvalue weighted by Gasteiger charge is -2.09. The van der Waals surface area contributed by atoms with E-state index in [0.29, 0.717) is 24.1 Å². The fourth-order valence-electron chi connectivity index (χ4n) is 2.85. The molecule has 0 bridgehead atoms. The van der Waals surface area contributed by atoms with Crippen molar-refractivity contribution in [3.05, 3.63) is 116 Å². The number of benzene rings is 2. The maximum absolute atomic E-state index is 12.4. The average molecular weight is 344 g/mol. The van der Waals surface area contributed by atoms with E-state index in [9.17, 15) is 9.59 Å². The smallest absolute Gasteiger partial charge is 0.311 e. The highest BCUT2D eigenvalue weighted by atomic mass is 16.2. The second-order valence-corrected chi connectivity index (χ2v) is 6.11. The van der Waals surface area contributed by atoms with Crippen LogP contribution < -0.4 is 11.2 Å². The van der Waals surface area contributed by atoms with Crippen molar-refractivity contribution < 1.29 is 0 Å². The van der Waals surface area contributed by atoms with Gasteiger partial charge in [0.05, 0.1) is 0 Å². The van der Waals surface area contributed by atoms with Gasteiger partial charge in [-0.1, -0.05) is 73.8 Å². The molecule has 0 fully saturated rings. The molecule has 4 heteroatoms. The third-order valence-electron chi connectivity index (χ3n) is 4.32. The number of rotatable bonds is 6. The van der Waals surface area contributed by atoms with E-state index in [1.807, 2.05) is 48.5 Å². The van der Waals surface area contributed by atoms with E-state index in [-0.39, 0.29) is 5.56 Å². The second kappa shape index (κ2) is 7.66. The highest BCUT2D eigenvalue weighted by Gasteiger charge is 2.11. The summed E-state index contributed by atoms with van der Waals surface area (Å²) in [6.45, 7) is 7.48. The van der Waals surface area contributed by atoms with Crippen molar-refractivity contribution >= 4 is 12.2 Å². The molecule has 130 valence electrons. The van der Waals surface area contributed by atoms with Crippen LogP contribution in [0.15, 0.2) is 71.3 Å². The minimum atomic E-state index is -0.488. The monoisotopic (exact) mass is 344 g/mol. The fraction of sp³-hybridized carbons (Fsp3) is 0.0909. The molecule has 0 aliphatic rings. The molecule has 0 aliphatic carbocycles. The number of aromatic nitrogens is 2. The Hall–Kier alpha value is -3.40. The summed E-state index contributed by atoms with van der Waals surface area (Å²) in [5, 5.41) is 0. The van der Waals surface area contributed by atoms with Gasteiger partial charge < -0.3 is 4.98 Å². The third-order valence-corrected chi connectivity index (χ3v) is 4.32. The summed E-state index contributed by atoms with van der Waals surface area (Å²) in [6, 6.07) is 15.7. The topological polar surface area (TPSA) is 65.7 Å². The molecule has 0 unspecified atom stereocenters. The maximum atomic E-state index is 12.4. The minimum Gasteiger partial charge on any atom is -0.311 e. The predicted octanol–water partition coefficient (Wildman–Crippen LogP) is 3.53. The van der Waals surface area contributed by atoms with Gasteiger partial charge in [-0.05, 0) is 22.3 Å². The zero-order valence-corrected chi connectivity index (χ0v) is 14.4. The van der Waals surface area contributed by atoms with Gasteiger partial charge in [-0.2, -0.15) is 0 Å². The quantitative estimate of drug-likeness (QED) is 0.718. The van der Waals surface area contributed by atoms with E-state index >= 15 is 0 Å². The van der Waals surface area contributed by atoms with Crippen LogP contribution in [0.2, 0.25) is 0 Å². The van der Waals surface area contributed by atoms with E-state index in [1.54, 1.807) is 12.2 Å². The van der Waals surface area contributed by atoms with Gasteiger partial charge >= 0.3 is 5.69 Å². The molecule has 3 rings (SSSR count). The Kier molecular flexibility index (Phi) is 5.13. The van der Waals surface area contributed by atoms with Gasteiger partial charge in [-0.25, -0.2) is 4.79 Å². The molecule has 0 saturated heterocycles. The van der Waals surface area contributed by atoms with Crippen LogP contribution in [0.3, 0.4) is 0 Å². The van der Waals surface area contributed by atoms with Gasteiger partial charge in [-0.3, -0.25) is 9.78 Å². The van der Waals surface area contributed by atoms with Crippen LogP contribution in [-0.4, -0.2) is 9.97 Å². The van der Waals surface area contributed by atoms with Crippen LogP contribution in [-0.2, 0) is 12.8 Å². The molecule has 0 saturated carbocycles. The van der Waals surface area contributed by atoms with E-state index < -0.39 is 5.69 Å². The van der Waals surface area contributed by atoms with Gasteiger partial charge in [0.1, 0.15) is 0 Å². The molecule has 1 heterocycles. The van der Waals surface area contributed by atoms with Crippen molar-refractivity contribution in [1.82, 2.24) is 9.97 Å². The second-order valence-electron chi connectivity index (χ2n) is 6.11. The molecule has 26 heavy (non-hydrogen) atoms. The summed E-state index contributed by atoms with van der Waals surface area (Å²) >= 11 is 0. The van der Waals surface area contributed by atoms with E-state index in [1.165, 1.54) is 0 Å². The van der Waals surface area contributed by atoms with Crippen molar-refractivity contribution in [1.29, 1.82) is 0 Å². The third kappa shape index (κ3) is 3.98. The highest BCUT2D eigenvalue weighted by molar-refractivity contribution is 5.48. The van der Waals surface area contributed by atoms with Crippen LogP contribution >= 0.6 is 0 Å². The molecule has 0 aliphatic heterocycles. The van der Waals surface area contributed by atoms with Crippen LogP contribution in [0.25, 0.3) is 12.2 Å². The standard InChI is InChI=1S/C22H20N2O2/c1-3-15-5-9-17(10-6-15)13-19-20(23-22(26)24-21(19)25)14-18-11-7-16(4-2)8-12-18/h3-12H,1-2,13-14H2,(H2,23,24,25,26). The first-order chi connectivity index (χ1) is 12.6. The van der Waals surface area contributed by atoms with Crippen molar-refractivity contribution in [2.45, 2.75) is 12.8 Å². The minimum absolute atomic E-state index is 0.348. The Bertz CT molecular complexity index is 1040. The summed E-state index contributed by atoms with van der Waals surface area (Å²) in [7, 11) is 0. The molecule has 2 aromatic carbocycles. The normalized spacial score (nSPS) is 10.5. The van der Waals surface area contributed by atoms with Crippen LogP contribution in [0.1, 0.15) is 33.5 Å². The molecule has 2 N–H and O–H groups in total. The van der Waals surface area contributed by atoms with Crippen LogP contribution in [0, 0.1) is 0 Å². The number of hydrogen-bond acceptors (Lipinski definition) is 2. The van der Waals surface area contributed by atoms with Gasteiger partial charge in [0, 0.05) is 24.1 Å². The Morgan fingerprint density at radius 2 is 1.23 bits per heavy atom. The molecule has 0 atom stereocenters. The summed E-state index contributed by atoms with van der Waals surface area (Å²) in [5.74, 6) is 0. The number of aromatic amines is 2. The van der Waals surface area contributed by atoms with E-state index in [4.69, 9.17) is 0 Å². The SMILES string of the molecule is C=Cc1ccc(Cc2[nH]c(=O)[nH]c(=O)c2Cc2ccc(C=C)cc2)cc1. The van der Waals surface area contributed by atoms with Crippen molar-refractivity contribution in [2.24, 2.45) is 0 Å². The van der Waals surface area contributed by atoms with Gasteiger partial charge in [-0.15, -0.1) is 0 Å². The Balaban J connectivity index is 1.95. The van der Waals surface area contributed by atoms with Gasteiger partial charge in [0.25, 0.3) is 5.56 Å². The Labute approximate surface area is 151 Å². The first kappa shape index (κ1) is 17.4. The zero-order valence-electron chi connectivity index (χ0n) is 14.4. The molecule has 0 radical (unpaired) electrons. The van der Waals surface area contributed by atoms with Gasteiger partial charge in [0.2, 0.25) is 0 Å². The van der Waals surface area contributed by atoms with Gasteiger partial charge in [0.15, 0.2) is 0 Å². The predicted molar refractivity (Wildman–Crippen MR) is 106 cm³/mol. The maximum Gasteiger partial charge on any atom is 0.325 e. The summed E-state index contributed by atoms with van der Waals surface area (Å²) in [5.41, 5.74) is 4.43. The van der Waals surface area contributed by atoms with E-state index in [2.05, 4.69) is 23.1 Å². The largest absolute Gasteiger partial charge is 0.325 e. The summed E-state index contributed by atoms with van der Waals surface area (Å²) < 4.78 is 0. The molecular formula is C22H20N2O2. The molecular weight excluding hydrogens is 324 g/mol. The van der Waals surface area contributed by atoms with Crippen molar-refractivity contribution in [2.75, 3.05) is 0 Å². The molecule has 0 spiro atoms. The first-order valence-electron chi connectivity index (χ1n) is 8.36. The summed E-state index contributed by atoms with van der Waals surface area (Å²) in [4.78, 5) is 29.2. The van der Waals surface area contributed by atoms with Crippen LogP contribution in [0.5, 0.6) is 0 Å². The summed E-state index contributed by atoms with van der Waals surface area (Å²) in [6.07, 6.45) is 4.48. The fourth-order valence-corrected chi connectivity index (χ4v) is 2.85. The molecule has 3 aromatic rings. The zero-order chi connectivity index (χ0) is 18.5. The molecule has 1 aromatic heterocycles. The Morgan fingerprint density at radius 3 is 1.73 bits per heavy atom. The average Bonchev–Trinajstić information content (AvgIpc) is 2.65. The first-order valence-corrected chi connectivity index (χ1v) is 8.36. The lowest BCUT2D eigenvalue weighted by molar-refractivity contribution is 0.900.